The predicted molar refractivity (Wildman–Crippen MR) is 64.5 cm³/mol. The second kappa shape index (κ2) is 4.45. The van der Waals surface area contributed by atoms with E-state index in [0.29, 0.717) is 9.09 Å². The molecule has 0 amide bonds. The van der Waals surface area contributed by atoms with Gasteiger partial charge in [0.1, 0.15) is 0 Å². The van der Waals surface area contributed by atoms with Crippen molar-refractivity contribution in [3.8, 4) is 0 Å². The summed E-state index contributed by atoms with van der Waals surface area (Å²) in [6.45, 7) is 0.143. The molecule has 0 aromatic carbocycles. The number of nitrogens with zero attached hydrogens (tertiary/aromatic N) is 2. The Morgan fingerprint density at radius 3 is 2.71 bits per heavy atom. The average Bonchev–Trinajstić information content (AvgIpc) is 2.55. The van der Waals surface area contributed by atoms with E-state index in [1.54, 1.807) is 10.8 Å². The van der Waals surface area contributed by atoms with Crippen LogP contribution in [0.15, 0.2) is 18.5 Å². The molecule has 1 N–H and O–H groups in total. The summed E-state index contributed by atoms with van der Waals surface area (Å²) < 4.78 is 40.4. The summed E-state index contributed by atoms with van der Waals surface area (Å²) in [4.78, 5) is 3.41. The second-order valence-corrected chi connectivity index (χ2v) is 4.61. The SMILES string of the molecule is OCCn1cc(I)c2c(C(F)(F)F)nccc21. The number of hydrogen-bond acceptors (Lipinski definition) is 2. The van der Waals surface area contributed by atoms with E-state index in [2.05, 4.69) is 4.98 Å². The van der Waals surface area contributed by atoms with Gasteiger partial charge in [0, 0.05) is 27.9 Å². The molecule has 0 radical (unpaired) electrons. The van der Waals surface area contributed by atoms with Gasteiger partial charge in [-0.05, 0) is 28.7 Å². The zero-order valence-corrected chi connectivity index (χ0v) is 10.7. The average molecular weight is 356 g/mol. The van der Waals surface area contributed by atoms with Gasteiger partial charge in [-0.1, -0.05) is 0 Å². The number of aliphatic hydroxyl groups is 1. The standard InChI is InChI=1S/C10H8F3IN2O/c11-10(12,13)9-8-6(14)5-16(3-4-17)7(8)1-2-15-9/h1-2,5,17H,3-4H2. The minimum Gasteiger partial charge on any atom is -0.395 e. The first-order valence-corrected chi connectivity index (χ1v) is 5.84. The van der Waals surface area contributed by atoms with E-state index in [0.717, 1.165) is 6.20 Å². The number of pyridine rings is 1. The lowest BCUT2D eigenvalue weighted by atomic mass is 10.2. The van der Waals surface area contributed by atoms with Gasteiger partial charge in [-0.2, -0.15) is 13.2 Å². The highest BCUT2D eigenvalue weighted by molar-refractivity contribution is 14.1. The summed E-state index contributed by atoms with van der Waals surface area (Å²) in [6.07, 6.45) is -1.75. The highest BCUT2D eigenvalue weighted by Gasteiger charge is 2.35. The van der Waals surface area contributed by atoms with Gasteiger partial charge in [-0.3, -0.25) is 4.98 Å². The number of fused-ring (bicyclic) bond motifs is 1. The van der Waals surface area contributed by atoms with Gasteiger partial charge in [-0.15, -0.1) is 0 Å². The highest BCUT2D eigenvalue weighted by Crippen LogP contribution is 2.35. The van der Waals surface area contributed by atoms with Crippen molar-refractivity contribution < 1.29 is 18.3 Å². The number of aliphatic hydroxyl groups excluding tert-OH is 1. The molecule has 17 heavy (non-hydrogen) atoms. The minimum atomic E-state index is -4.47. The maximum atomic E-state index is 12.8. The molecule has 0 bridgehead atoms. The number of rotatable bonds is 2. The van der Waals surface area contributed by atoms with Crippen molar-refractivity contribution in [3.63, 3.8) is 0 Å². The van der Waals surface area contributed by atoms with Gasteiger partial charge in [0.15, 0.2) is 5.69 Å². The van der Waals surface area contributed by atoms with E-state index in [1.807, 2.05) is 22.6 Å². The number of halogens is 4. The summed E-state index contributed by atoms with van der Waals surface area (Å²) in [5.74, 6) is 0. The number of hydrogen-bond donors (Lipinski definition) is 1. The van der Waals surface area contributed by atoms with Gasteiger partial charge in [0.2, 0.25) is 0 Å². The van der Waals surface area contributed by atoms with Gasteiger partial charge in [-0.25, -0.2) is 0 Å². The van der Waals surface area contributed by atoms with E-state index in [9.17, 15) is 13.2 Å². The molecule has 7 heteroatoms. The van der Waals surface area contributed by atoms with Crippen molar-refractivity contribution in [2.24, 2.45) is 0 Å². The Hall–Kier alpha value is -0.830. The van der Waals surface area contributed by atoms with Crippen molar-refractivity contribution in [1.29, 1.82) is 0 Å². The van der Waals surface area contributed by atoms with Crippen LogP contribution < -0.4 is 0 Å². The lowest BCUT2D eigenvalue weighted by Crippen LogP contribution is -2.09. The van der Waals surface area contributed by atoms with Crippen molar-refractivity contribution in [3.05, 3.63) is 27.7 Å². The molecule has 0 aliphatic carbocycles. The molecule has 0 atom stereocenters. The summed E-state index contributed by atoms with van der Waals surface area (Å²) in [5, 5.41) is 8.95. The Kier molecular flexibility index (Phi) is 3.30. The lowest BCUT2D eigenvalue weighted by molar-refractivity contribution is -0.139. The van der Waals surface area contributed by atoms with Crippen LogP contribution in [0.5, 0.6) is 0 Å². The van der Waals surface area contributed by atoms with Gasteiger partial charge >= 0.3 is 6.18 Å². The third-order valence-electron chi connectivity index (χ3n) is 2.36. The van der Waals surface area contributed by atoms with E-state index in [-0.39, 0.29) is 18.5 Å². The third kappa shape index (κ3) is 2.25. The van der Waals surface area contributed by atoms with Crippen molar-refractivity contribution in [2.75, 3.05) is 6.61 Å². The molecule has 92 valence electrons. The Morgan fingerprint density at radius 2 is 2.12 bits per heavy atom. The molecular formula is C10H8F3IN2O. The van der Waals surface area contributed by atoms with Crippen LogP contribution in [0, 0.1) is 3.57 Å². The zero-order valence-electron chi connectivity index (χ0n) is 8.50. The van der Waals surface area contributed by atoms with Crippen molar-refractivity contribution in [1.82, 2.24) is 9.55 Å². The van der Waals surface area contributed by atoms with Crippen LogP contribution in [-0.4, -0.2) is 21.3 Å². The van der Waals surface area contributed by atoms with Crippen LogP contribution >= 0.6 is 22.6 Å². The molecular weight excluding hydrogens is 348 g/mol. The van der Waals surface area contributed by atoms with Crippen LogP contribution in [0.1, 0.15) is 5.69 Å². The topological polar surface area (TPSA) is 38.0 Å². The Bertz CT molecular complexity index is 550. The molecule has 0 unspecified atom stereocenters. The third-order valence-corrected chi connectivity index (χ3v) is 3.17. The molecule has 2 aromatic heterocycles. The summed E-state index contributed by atoms with van der Waals surface area (Å²) in [7, 11) is 0. The van der Waals surface area contributed by atoms with Crippen molar-refractivity contribution in [2.45, 2.75) is 12.7 Å². The van der Waals surface area contributed by atoms with E-state index in [1.165, 1.54) is 6.07 Å². The number of aromatic nitrogens is 2. The van der Waals surface area contributed by atoms with Crippen LogP contribution in [0.4, 0.5) is 13.2 Å². The molecule has 3 nitrogen and oxygen atoms in total. The molecule has 0 aliphatic rings. The quantitative estimate of drug-likeness (QED) is 0.841. The Morgan fingerprint density at radius 1 is 1.41 bits per heavy atom. The first-order valence-electron chi connectivity index (χ1n) is 4.76. The first kappa shape index (κ1) is 12.6. The maximum absolute atomic E-state index is 12.8. The molecule has 0 spiro atoms. The van der Waals surface area contributed by atoms with Crippen LogP contribution in [0.3, 0.4) is 0 Å². The van der Waals surface area contributed by atoms with E-state index >= 15 is 0 Å². The first-order chi connectivity index (χ1) is 7.95. The fourth-order valence-corrected chi connectivity index (χ4v) is 2.57. The molecule has 0 saturated carbocycles. The molecule has 2 aromatic rings. The lowest BCUT2D eigenvalue weighted by Gasteiger charge is -2.08. The molecule has 0 aliphatic heterocycles. The molecule has 2 heterocycles. The molecule has 2 rings (SSSR count). The van der Waals surface area contributed by atoms with E-state index in [4.69, 9.17) is 5.11 Å². The largest absolute Gasteiger partial charge is 0.434 e. The molecule has 0 saturated heterocycles. The maximum Gasteiger partial charge on any atom is 0.434 e. The minimum absolute atomic E-state index is 0.0917. The van der Waals surface area contributed by atoms with Crippen LogP contribution in [0.2, 0.25) is 0 Å². The van der Waals surface area contributed by atoms with Crippen molar-refractivity contribution >= 4 is 33.5 Å². The highest BCUT2D eigenvalue weighted by atomic mass is 127. The summed E-state index contributed by atoms with van der Waals surface area (Å²) in [5.41, 5.74) is -0.443. The van der Waals surface area contributed by atoms with Gasteiger partial charge in [0.05, 0.1) is 12.1 Å². The smallest absolute Gasteiger partial charge is 0.395 e. The van der Waals surface area contributed by atoms with Crippen LogP contribution in [0.25, 0.3) is 10.9 Å². The fourth-order valence-electron chi connectivity index (χ4n) is 1.70. The van der Waals surface area contributed by atoms with E-state index < -0.39 is 11.9 Å². The fraction of sp³-hybridized carbons (Fsp3) is 0.300. The summed E-state index contributed by atoms with van der Waals surface area (Å²) >= 11 is 1.84. The zero-order chi connectivity index (χ0) is 12.6. The monoisotopic (exact) mass is 356 g/mol. The normalized spacial score (nSPS) is 12.3. The second-order valence-electron chi connectivity index (χ2n) is 3.45. The predicted octanol–water partition coefficient (Wildman–Crippen LogP) is 2.65. The summed E-state index contributed by atoms with van der Waals surface area (Å²) in [6, 6.07) is 1.52. The van der Waals surface area contributed by atoms with Gasteiger partial charge in [0.25, 0.3) is 0 Å². The Balaban J connectivity index is 2.73. The van der Waals surface area contributed by atoms with Crippen LogP contribution in [-0.2, 0) is 12.7 Å². The Labute approximate surface area is 108 Å². The molecule has 0 fully saturated rings. The number of alkyl halides is 3. The van der Waals surface area contributed by atoms with Gasteiger partial charge < -0.3 is 9.67 Å².